The van der Waals surface area contributed by atoms with E-state index in [1.165, 1.54) is 0 Å². The van der Waals surface area contributed by atoms with E-state index in [1.807, 2.05) is 0 Å². The van der Waals surface area contributed by atoms with Gasteiger partial charge in [0.1, 0.15) is 11.9 Å². The molecule has 2 aliphatic heterocycles. The van der Waals surface area contributed by atoms with Crippen LogP contribution < -0.4 is 10.1 Å². The molecule has 1 aromatic carbocycles. The Bertz CT molecular complexity index is 768. The van der Waals surface area contributed by atoms with Crippen LogP contribution in [-0.2, 0) is 22.4 Å². The third-order valence-electron chi connectivity index (χ3n) is 4.06. The number of carbonyl (C=O) groups is 1. The third kappa shape index (κ3) is 2.24. The molecule has 0 saturated carbocycles. The van der Waals surface area contributed by atoms with E-state index in [1.54, 1.807) is 6.07 Å². The minimum absolute atomic E-state index is 0.00338. The lowest BCUT2D eigenvalue weighted by Gasteiger charge is -2.27. The first-order chi connectivity index (χ1) is 10.6. The molecule has 22 heavy (non-hydrogen) atoms. The SMILES string of the molecule is O=C1Cc2c([nH]c3c(Cl)c(Cl)cc(OC4COC4)c23)CCN1. The molecule has 2 aromatic rings. The van der Waals surface area contributed by atoms with Crippen molar-refractivity contribution >= 4 is 40.0 Å². The lowest BCUT2D eigenvalue weighted by atomic mass is 10.1. The Kier molecular flexibility index (Phi) is 3.44. The topological polar surface area (TPSA) is 63.4 Å². The van der Waals surface area contributed by atoms with E-state index < -0.39 is 0 Å². The summed E-state index contributed by atoms with van der Waals surface area (Å²) in [6, 6.07) is 1.72. The molecule has 116 valence electrons. The molecule has 4 rings (SSSR count). The normalized spacial score (nSPS) is 18.5. The van der Waals surface area contributed by atoms with Crippen LogP contribution >= 0.6 is 23.2 Å². The van der Waals surface area contributed by atoms with E-state index in [0.717, 1.165) is 28.6 Å². The zero-order valence-corrected chi connectivity index (χ0v) is 13.2. The quantitative estimate of drug-likeness (QED) is 0.882. The molecule has 2 aliphatic rings. The van der Waals surface area contributed by atoms with Gasteiger partial charge in [0, 0.05) is 30.1 Å². The van der Waals surface area contributed by atoms with Crippen molar-refractivity contribution in [2.45, 2.75) is 18.9 Å². The van der Waals surface area contributed by atoms with Gasteiger partial charge < -0.3 is 19.8 Å². The van der Waals surface area contributed by atoms with Crippen molar-refractivity contribution in [3.05, 3.63) is 27.4 Å². The van der Waals surface area contributed by atoms with Gasteiger partial charge in [-0.1, -0.05) is 23.2 Å². The Hall–Kier alpha value is -1.43. The number of fused-ring (bicyclic) bond motifs is 3. The summed E-state index contributed by atoms with van der Waals surface area (Å²) < 4.78 is 11.1. The average Bonchev–Trinajstić information content (AvgIpc) is 2.68. The van der Waals surface area contributed by atoms with Crippen molar-refractivity contribution in [1.82, 2.24) is 10.3 Å². The number of ether oxygens (including phenoxy) is 2. The number of halogens is 2. The first-order valence-corrected chi connectivity index (χ1v) is 7.91. The summed E-state index contributed by atoms with van der Waals surface area (Å²) in [6.07, 6.45) is 1.06. The van der Waals surface area contributed by atoms with Crippen molar-refractivity contribution in [2.24, 2.45) is 0 Å². The summed E-state index contributed by atoms with van der Waals surface area (Å²) >= 11 is 12.6. The highest BCUT2D eigenvalue weighted by molar-refractivity contribution is 6.45. The van der Waals surface area contributed by atoms with Gasteiger partial charge in [0.25, 0.3) is 0 Å². The number of aromatic nitrogens is 1. The monoisotopic (exact) mass is 340 g/mol. The zero-order valence-electron chi connectivity index (χ0n) is 11.7. The second-order valence-electron chi connectivity index (χ2n) is 5.56. The van der Waals surface area contributed by atoms with Crippen LogP contribution in [0, 0.1) is 0 Å². The Balaban J connectivity index is 1.91. The first-order valence-electron chi connectivity index (χ1n) is 7.16. The molecule has 0 atom stereocenters. The molecule has 0 unspecified atom stereocenters. The number of hydrogen-bond acceptors (Lipinski definition) is 3. The number of rotatable bonds is 2. The molecule has 5 nitrogen and oxygen atoms in total. The molecular weight excluding hydrogens is 327 g/mol. The van der Waals surface area contributed by atoms with Crippen LogP contribution in [0.15, 0.2) is 6.07 Å². The number of hydrogen-bond donors (Lipinski definition) is 2. The first kappa shape index (κ1) is 14.2. The summed E-state index contributed by atoms with van der Waals surface area (Å²) in [6.45, 7) is 1.74. The van der Waals surface area contributed by atoms with Gasteiger partial charge in [0.05, 0.1) is 35.2 Å². The highest BCUT2D eigenvalue weighted by Crippen LogP contribution is 2.41. The van der Waals surface area contributed by atoms with E-state index in [2.05, 4.69) is 10.3 Å². The smallest absolute Gasteiger partial charge is 0.224 e. The maximum atomic E-state index is 11.9. The highest BCUT2D eigenvalue weighted by atomic mass is 35.5. The summed E-state index contributed by atoms with van der Waals surface area (Å²) in [5.74, 6) is 0.661. The Morgan fingerprint density at radius 2 is 2.14 bits per heavy atom. The molecule has 0 spiro atoms. The van der Waals surface area contributed by atoms with Crippen molar-refractivity contribution in [2.75, 3.05) is 19.8 Å². The number of benzene rings is 1. The molecule has 1 saturated heterocycles. The average molecular weight is 341 g/mol. The summed E-state index contributed by atoms with van der Waals surface area (Å²) in [5, 5.41) is 4.62. The number of nitrogens with one attached hydrogen (secondary N) is 2. The lowest BCUT2D eigenvalue weighted by Crippen LogP contribution is -2.38. The largest absolute Gasteiger partial charge is 0.485 e. The van der Waals surface area contributed by atoms with Crippen LogP contribution in [0.25, 0.3) is 10.9 Å². The number of aromatic amines is 1. The number of H-pyrrole nitrogens is 1. The van der Waals surface area contributed by atoms with Gasteiger partial charge in [-0.2, -0.15) is 0 Å². The second kappa shape index (κ2) is 5.33. The summed E-state index contributed by atoms with van der Waals surface area (Å²) in [4.78, 5) is 15.2. The van der Waals surface area contributed by atoms with Crippen LogP contribution in [0.1, 0.15) is 11.3 Å². The van der Waals surface area contributed by atoms with Crippen LogP contribution in [-0.4, -0.2) is 36.8 Å². The van der Waals surface area contributed by atoms with Crippen molar-refractivity contribution in [3.63, 3.8) is 0 Å². The standard InChI is InChI=1S/C15H14Cl2N2O3/c16-9-4-11(22-7-5-21-6-7)13-8-3-12(20)18-2-1-10(8)19-15(13)14(9)17/h4,7,19H,1-3,5-6H2,(H,18,20). The van der Waals surface area contributed by atoms with Gasteiger partial charge in [-0.15, -0.1) is 0 Å². The maximum Gasteiger partial charge on any atom is 0.224 e. The molecular formula is C15H14Cl2N2O3. The van der Waals surface area contributed by atoms with Gasteiger partial charge in [-0.3, -0.25) is 4.79 Å². The Morgan fingerprint density at radius 3 is 2.86 bits per heavy atom. The molecule has 3 heterocycles. The lowest BCUT2D eigenvalue weighted by molar-refractivity contribution is -0.120. The molecule has 2 N–H and O–H groups in total. The van der Waals surface area contributed by atoms with Crippen LogP contribution in [0.4, 0.5) is 0 Å². The number of carbonyl (C=O) groups excluding carboxylic acids is 1. The number of amides is 1. The molecule has 7 heteroatoms. The van der Waals surface area contributed by atoms with Crippen molar-refractivity contribution in [1.29, 1.82) is 0 Å². The van der Waals surface area contributed by atoms with Gasteiger partial charge in [0.2, 0.25) is 5.91 Å². The van der Waals surface area contributed by atoms with Gasteiger partial charge in [0.15, 0.2) is 0 Å². The molecule has 1 amide bonds. The van der Waals surface area contributed by atoms with Crippen LogP contribution in [0.5, 0.6) is 5.75 Å². The van der Waals surface area contributed by atoms with E-state index in [4.69, 9.17) is 32.7 Å². The van der Waals surface area contributed by atoms with Gasteiger partial charge in [-0.05, 0) is 5.56 Å². The van der Waals surface area contributed by atoms with E-state index >= 15 is 0 Å². The minimum Gasteiger partial charge on any atom is -0.485 e. The Morgan fingerprint density at radius 1 is 1.32 bits per heavy atom. The highest BCUT2D eigenvalue weighted by Gasteiger charge is 2.26. The fourth-order valence-corrected chi connectivity index (χ4v) is 3.30. The van der Waals surface area contributed by atoms with Crippen molar-refractivity contribution in [3.8, 4) is 5.75 Å². The van der Waals surface area contributed by atoms with Crippen LogP contribution in [0.2, 0.25) is 10.0 Å². The van der Waals surface area contributed by atoms with E-state index in [-0.39, 0.29) is 12.0 Å². The van der Waals surface area contributed by atoms with Crippen molar-refractivity contribution < 1.29 is 14.3 Å². The second-order valence-corrected chi connectivity index (χ2v) is 6.34. The molecule has 1 aromatic heterocycles. The minimum atomic E-state index is 0.00338. The molecule has 0 radical (unpaired) electrons. The fourth-order valence-electron chi connectivity index (χ4n) is 2.91. The fraction of sp³-hybridized carbons (Fsp3) is 0.400. The third-order valence-corrected chi connectivity index (χ3v) is 4.85. The van der Waals surface area contributed by atoms with Gasteiger partial charge >= 0.3 is 0 Å². The molecule has 0 aliphatic carbocycles. The zero-order chi connectivity index (χ0) is 15.3. The molecule has 0 bridgehead atoms. The summed E-state index contributed by atoms with van der Waals surface area (Å²) in [7, 11) is 0. The maximum absolute atomic E-state index is 11.9. The molecule has 1 fully saturated rings. The predicted octanol–water partition coefficient (Wildman–Crippen LogP) is 2.47. The summed E-state index contributed by atoms with van der Waals surface area (Å²) in [5.41, 5.74) is 2.69. The van der Waals surface area contributed by atoms with E-state index in [9.17, 15) is 4.79 Å². The van der Waals surface area contributed by atoms with Crippen LogP contribution in [0.3, 0.4) is 0 Å². The van der Waals surface area contributed by atoms with E-state index in [0.29, 0.717) is 42.0 Å². The predicted molar refractivity (Wildman–Crippen MR) is 84.0 cm³/mol. The van der Waals surface area contributed by atoms with Gasteiger partial charge in [-0.25, -0.2) is 0 Å². The Labute approximate surface area is 136 Å².